The van der Waals surface area contributed by atoms with Gasteiger partial charge in [-0.1, -0.05) is 30.3 Å². The van der Waals surface area contributed by atoms with E-state index in [1.54, 1.807) is 12.5 Å². The lowest BCUT2D eigenvalue weighted by molar-refractivity contribution is 0.103. The Kier molecular flexibility index (Phi) is 5.01. The summed E-state index contributed by atoms with van der Waals surface area (Å²) in [5.41, 5.74) is 4.10. The summed E-state index contributed by atoms with van der Waals surface area (Å²) in [6.07, 6.45) is 3.44. The predicted molar refractivity (Wildman–Crippen MR) is 123 cm³/mol. The molecule has 0 saturated carbocycles. The van der Waals surface area contributed by atoms with E-state index < -0.39 is 0 Å². The van der Waals surface area contributed by atoms with Gasteiger partial charge in [-0.3, -0.25) is 9.36 Å². The fourth-order valence-corrected chi connectivity index (χ4v) is 4.10. The zero-order valence-electron chi connectivity index (χ0n) is 16.8. The van der Waals surface area contributed by atoms with Gasteiger partial charge in [-0.25, -0.2) is 9.97 Å². The smallest absolute Gasteiger partial charge is 0.225 e. The van der Waals surface area contributed by atoms with Gasteiger partial charge in [0.2, 0.25) is 5.95 Å². The minimum absolute atomic E-state index is 0.00104. The Morgan fingerprint density at radius 1 is 1.03 bits per heavy atom. The van der Waals surface area contributed by atoms with E-state index in [-0.39, 0.29) is 11.8 Å². The molecule has 0 aliphatic carbocycles. The molecule has 31 heavy (non-hydrogen) atoms. The van der Waals surface area contributed by atoms with Crippen LogP contribution in [-0.2, 0) is 0 Å². The molecule has 152 valence electrons. The van der Waals surface area contributed by atoms with Gasteiger partial charge in [0, 0.05) is 22.7 Å². The van der Waals surface area contributed by atoms with Crippen molar-refractivity contribution in [1.82, 2.24) is 19.5 Å². The highest BCUT2D eigenvalue weighted by Crippen LogP contribution is 2.22. The summed E-state index contributed by atoms with van der Waals surface area (Å²) in [7, 11) is 0. The van der Waals surface area contributed by atoms with Crippen LogP contribution >= 0.6 is 11.3 Å². The molecule has 1 N–H and O–H groups in total. The Labute approximate surface area is 183 Å². The highest BCUT2D eigenvalue weighted by atomic mass is 32.1. The van der Waals surface area contributed by atoms with Crippen molar-refractivity contribution in [3.05, 3.63) is 101 Å². The second-order valence-electron chi connectivity index (χ2n) is 7.17. The van der Waals surface area contributed by atoms with Gasteiger partial charge >= 0.3 is 0 Å². The minimum Gasteiger partial charge on any atom is -0.348 e. The molecule has 3 heterocycles. The number of aromatic nitrogens is 4. The first kappa shape index (κ1) is 19.1. The number of imidazole rings is 1. The third kappa shape index (κ3) is 3.83. The SMILES string of the molecule is C[C@H](Nc1nccc(-n2cnc3cc(C(=O)c4ccsc4)ccc32)n1)c1ccccc1. The van der Waals surface area contributed by atoms with Crippen molar-refractivity contribution in [1.29, 1.82) is 0 Å². The Morgan fingerprint density at radius 2 is 1.90 bits per heavy atom. The summed E-state index contributed by atoms with van der Waals surface area (Å²) >= 11 is 1.51. The maximum Gasteiger partial charge on any atom is 0.225 e. The Morgan fingerprint density at radius 3 is 2.71 bits per heavy atom. The van der Waals surface area contributed by atoms with Gasteiger partial charge in [-0.15, -0.1) is 0 Å². The molecular formula is C24H19N5OS. The zero-order valence-corrected chi connectivity index (χ0v) is 17.6. The molecule has 0 saturated heterocycles. The Balaban J connectivity index is 1.43. The summed E-state index contributed by atoms with van der Waals surface area (Å²) in [5.74, 6) is 1.25. The second kappa shape index (κ2) is 8.12. The normalized spacial score (nSPS) is 12.0. The predicted octanol–water partition coefficient (Wildman–Crippen LogP) is 5.28. The van der Waals surface area contributed by atoms with Crippen LogP contribution in [0.25, 0.3) is 16.9 Å². The van der Waals surface area contributed by atoms with Crippen molar-refractivity contribution in [2.24, 2.45) is 0 Å². The van der Waals surface area contributed by atoms with Crippen LogP contribution in [0.3, 0.4) is 0 Å². The van der Waals surface area contributed by atoms with Crippen LogP contribution in [0.5, 0.6) is 0 Å². The summed E-state index contributed by atoms with van der Waals surface area (Å²) < 4.78 is 1.90. The van der Waals surface area contributed by atoms with Crippen molar-refractivity contribution in [2.75, 3.05) is 5.32 Å². The van der Waals surface area contributed by atoms with E-state index >= 15 is 0 Å². The summed E-state index contributed by atoms with van der Waals surface area (Å²) in [5, 5.41) is 7.11. The summed E-state index contributed by atoms with van der Waals surface area (Å²) in [4.78, 5) is 26.2. The van der Waals surface area contributed by atoms with E-state index in [4.69, 9.17) is 0 Å². The number of nitrogens with one attached hydrogen (secondary N) is 1. The molecular weight excluding hydrogens is 406 g/mol. The van der Waals surface area contributed by atoms with Crippen molar-refractivity contribution in [2.45, 2.75) is 13.0 Å². The van der Waals surface area contributed by atoms with Gasteiger partial charge in [0.25, 0.3) is 0 Å². The van der Waals surface area contributed by atoms with Gasteiger partial charge in [0.05, 0.1) is 17.1 Å². The fourth-order valence-electron chi connectivity index (χ4n) is 3.47. The van der Waals surface area contributed by atoms with E-state index in [9.17, 15) is 4.79 Å². The topological polar surface area (TPSA) is 72.7 Å². The molecule has 0 amide bonds. The molecule has 5 aromatic rings. The van der Waals surface area contributed by atoms with Gasteiger partial charge < -0.3 is 5.32 Å². The first-order chi connectivity index (χ1) is 15.2. The molecule has 0 bridgehead atoms. The van der Waals surface area contributed by atoms with E-state index in [0.717, 1.165) is 16.6 Å². The number of anilines is 1. The lowest BCUT2D eigenvalue weighted by Gasteiger charge is -2.14. The van der Waals surface area contributed by atoms with Crippen LogP contribution in [0.15, 0.2) is 83.9 Å². The van der Waals surface area contributed by atoms with Crippen LogP contribution in [0.2, 0.25) is 0 Å². The average molecular weight is 426 g/mol. The number of thiophene rings is 1. The number of carbonyl (C=O) groups excluding carboxylic acids is 1. The minimum atomic E-state index is 0.00104. The Hall–Kier alpha value is -3.84. The van der Waals surface area contributed by atoms with Crippen LogP contribution < -0.4 is 5.32 Å². The first-order valence-corrected chi connectivity index (χ1v) is 10.8. The lowest BCUT2D eigenvalue weighted by atomic mass is 10.1. The summed E-state index contributed by atoms with van der Waals surface area (Å²) in [6, 6.07) is 19.5. The molecule has 0 spiro atoms. The molecule has 0 fully saturated rings. The van der Waals surface area contributed by atoms with Crippen molar-refractivity contribution in [3.8, 4) is 5.82 Å². The molecule has 2 aromatic carbocycles. The number of carbonyl (C=O) groups is 1. The second-order valence-corrected chi connectivity index (χ2v) is 7.95. The lowest BCUT2D eigenvalue weighted by Crippen LogP contribution is -2.10. The van der Waals surface area contributed by atoms with Gasteiger partial charge in [0.15, 0.2) is 5.78 Å². The van der Waals surface area contributed by atoms with Crippen molar-refractivity contribution < 1.29 is 4.79 Å². The third-order valence-electron chi connectivity index (χ3n) is 5.13. The maximum atomic E-state index is 12.6. The van der Waals surface area contributed by atoms with Crippen LogP contribution in [0.1, 0.15) is 34.5 Å². The highest BCUT2D eigenvalue weighted by molar-refractivity contribution is 7.08. The number of fused-ring (bicyclic) bond motifs is 1. The van der Waals surface area contributed by atoms with Gasteiger partial charge in [-0.05, 0) is 48.2 Å². The first-order valence-electron chi connectivity index (χ1n) is 9.88. The van der Waals surface area contributed by atoms with Crippen molar-refractivity contribution in [3.63, 3.8) is 0 Å². The van der Waals surface area contributed by atoms with E-state index in [0.29, 0.717) is 22.9 Å². The number of nitrogens with zero attached hydrogens (tertiary/aromatic N) is 4. The number of hydrogen-bond donors (Lipinski definition) is 1. The highest BCUT2D eigenvalue weighted by Gasteiger charge is 2.14. The van der Waals surface area contributed by atoms with Crippen LogP contribution in [-0.4, -0.2) is 25.3 Å². The van der Waals surface area contributed by atoms with E-state index in [1.807, 2.05) is 63.9 Å². The molecule has 3 aromatic heterocycles. The third-order valence-corrected chi connectivity index (χ3v) is 5.81. The monoisotopic (exact) mass is 425 g/mol. The largest absolute Gasteiger partial charge is 0.348 e. The number of benzene rings is 2. The van der Waals surface area contributed by atoms with E-state index in [2.05, 4.69) is 39.3 Å². The van der Waals surface area contributed by atoms with Crippen molar-refractivity contribution >= 4 is 34.1 Å². The molecule has 5 rings (SSSR count). The molecule has 0 aliphatic heterocycles. The van der Waals surface area contributed by atoms with E-state index in [1.165, 1.54) is 11.3 Å². The molecule has 6 nitrogen and oxygen atoms in total. The summed E-state index contributed by atoms with van der Waals surface area (Å²) in [6.45, 7) is 2.07. The standard InChI is InChI=1S/C24H19N5OS/c1-16(17-5-3-2-4-6-17)27-24-25-11-9-22(28-24)29-15-26-20-13-18(7-8-21(20)29)23(30)19-10-12-31-14-19/h2-16H,1H3,(H,25,27,28)/t16-/m0/s1. The number of hydrogen-bond acceptors (Lipinski definition) is 6. The quantitative estimate of drug-likeness (QED) is 0.375. The maximum absolute atomic E-state index is 12.6. The van der Waals surface area contributed by atoms with Crippen LogP contribution in [0.4, 0.5) is 5.95 Å². The Bertz CT molecular complexity index is 1350. The fraction of sp³-hybridized carbons (Fsp3) is 0.0833. The molecule has 1 atom stereocenters. The van der Waals surface area contributed by atoms with Crippen LogP contribution in [0, 0.1) is 0 Å². The molecule has 0 aliphatic rings. The average Bonchev–Trinajstić information content (AvgIpc) is 3.49. The van der Waals surface area contributed by atoms with Gasteiger partial charge in [-0.2, -0.15) is 16.3 Å². The zero-order chi connectivity index (χ0) is 21.2. The molecule has 0 radical (unpaired) electrons. The molecule has 7 heteroatoms. The van der Waals surface area contributed by atoms with Gasteiger partial charge in [0.1, 0.15) is 12.1 Å². The number of rotatable bonds is 6. The molecule has 0 unspecified atom stereocenters. The number of ketones is 1.